The van der Waals surface area contributed by atoms with Crippen LogP contribution in [0.25, 0.3) is 0 Å². The first-order valence-corrected chi connectivity index (χ1v) is 7.46. The van der Waals surface area contributed by atoms with Crippen LogP contribution in [0.3, 0.4) is 0 Å². The van der Waals surface area contributed by atoms with E-state index in [9.17, 15) is 10.1 Å². The van der Waals surface area contributed by atoms with Crippen molar-refractivity contribution in [2.24, 2.45) is 0 Å². The highest BCUT2D eigenvalue weighted by atomic mass is 79.9. The molecule has 0 fully saturated rings. The van der Waals surface area contributed by atoms with Crippen LogP contribution in [0.1, 0.15) is 16.7 Å². The molecule has 2 aromatic rings. The number of hydrogen-bond donors (Lipinski definition) is 1. The van der Waals surface area contributed by atoms with Crippen molar-refractivity contribution in [3.05, 3.63) is 60.2 Å². The zero-order valence-electron chi connectivity index (χ0n) is 10.4. The number of non-ortho nitro benzene ring substituents is 1. The van der Waals surface area contributed by atoms with Crippen LogP contribution in [0.15, 0.2) is 33.4 Å². The Morgan fingerprint density at radius 2 is 2.05 bits per heavy atom. The molecule has 0 radical (unpaired) electrons. The molecule has 0 amide bonds. The minimum atomic E-state index is -0.392. The van der Waals surface area contributed by atoms with Crippen molar-refractivity contribution in [3.8, 4) is 0 Å². The van der Waals surface area contributed by atoms with Gasteiger partial charge in [-0.25, -0.2) is 0 Å². The van der Waals surface area contributed by atoms with Crippen molar-refractivity contribution >= 4 is 33.0 Å². The van der Waals surface area contributed by atoms with Gasteiger partial charge in [0, 0.05) is 29.7 Å². The molecule has 1 aromatic heterocycles. The van der Waals surface area contributed by atoms with E-state index in [1.54, 1.807) is 17.4 Å². The number of nitro groups is 1. The highest BCUT2D eigenvalue weighted by molar-refractivity contribution is 9.10. The number of nitrogens with zero attached hydrogens (tertiary/aromatic N) is 1. The van der Waals surface area contributed by atoms with Gasteiger partial charge >= 0.3 is 0 Å². The molecule has 0 spiro atoms. The van der Waals surface area contributed by atoms with E-state index in [1.807, 2.05) is 0 Å². The number of thiophene rings is 1. The summed E-state index contributed by atoms with van der Waals surface area (Å²) in [5.74, 6) is 0. The van der Waals surface area contributed by atoms with Gasteiger partial charge in [-0.05, 0) is 40.4 Å². The summed E-state index contributed by atoms with van der Waals surface area (Å²) in [6, 6.07) is 4.83. The van der Waals surface area contributed by atoms with Gasteiger partial charge in [-0.3, -0.25) is 10.1 Å². The van der Waals surface area contributed by atoms with E-state index in [1.165, 1.54) is 23.3 Å². The summed E-state index contributed by atoms with van der Waals surface area (Å²) in [6.45, 7) is 3.57. The Labute approximate surface area is 123 Å². The van der Waals surface area contributed by atoms with Crippen LogP contribution in [0.4, 0.5) is 5.69 Å². The van der Waals surface area contributed by atoms with Gasteiger partial charge in [-0.2, -0.15) is 11.3 Å². The Balaban J connectivity index is 1.96. The Morgan fingerprint density at radius 3 is 2.63 bits per heavy atom. The summed E-state index contributed by atoms with van der Waals surface area (Å²) in [5, 5.41) is 18.2. The van der Waals surface area contributed by atoms with Crippen molar-refractivity contribution in [2.75, 3.05) is 0 Å². The van der Waals surface area contributed by atoms with Crippen molar-refractivity contribution in [1.29, 1.82) is 0 Å². The van der Waals surface area contributed by atoms with E-state index in [4.69, 9.17) is 0 Å². The van der Waals surface area contributed by atoms with Gasteiger partial charge in [0.05, 0.1) is 4.92 Å². The molecule has 0 aliphatic heterocycles. The summed E-state index contributed by atoms with van der Waals surface area (Å²) in [7, 11) is 0. The van der Waals surface area contributed by atoms with Gasteiger partial charge in [0.25, 0.3) is 5.69 Å². The monoisotopic (exact) mass is 340 g/mol. The Morgan fingerprint density at radius 1 is 1.32 bits per heavy atom. The van der Waals surface area contributed by atoms with Gasteiger partial charge in [0.1, 0.15) is 0 Å². The van der Waals surface area contributed by atoms with Crippen molar-refractivity contribution in [2.45, 2.75) is 20.0 Å². The molecule has 0 saturated heterocycles. The number of hydrogen-bond acceptors (Lipinski definition) is 4. The molecule has 0 bridgehead atoms. The average Bonchev–Trinajstić information content (AvgIpc) is 2.77. The molecule has 1 heterocycles. The van der Waals surface area contributed by atoms with E-state index >= 15 is 0 Å². The van der Waals surface area contributed by atoms with Crippen LogP contribution in [0, 0.1) is 17.0 Å². The molecule has 0 aliphatic carbocycles. The van der Waals surface area contributed by atoms with Crippen LogP contribution < -0.4 is 5.32 Å². The van der Waals surface area contributed by atoms with Gasteiger partial charge < -0.3 is 5.32 Å². The molecule has 1 aromatic carbocycles. The molecular formula is C13H13BrN2O2S. The second-order valence-corrected chi connectivity index (χ2v) is 5.81. The van der Waals surface area contributed by atoms with Crippen LogP contribution in [0.5, 0.6) is 0 Å². The van der Waals surface area contributed by atoms with Crippen LogP contribution in [-0.4, -0.2) is 4.92 Å². The standard InChI is InChI=1S/C13H13BrN2O2S/c1-9-7-19-8-11(9)6-15-5-10-2-3-12(16(17)18)4-13(10)14/h2-4,7-8,15H,5-6H2,1H3. The molecular weight excluding hydrogens is 328 g/mol. The largest absolute Gasteiger partial charge is 0.309 e. The molecule has 0 aliphatic rings. The van der Waals surface area contributed by atoms with E-state index in [0.29, 0.717) is 6.54 Å². The zero-order valence-corrected chi connectivity index (χ0v) is 12.8. The van der Waals surface area contributed by atoms with Gasteiger partial charge in [0.2, 0.25) is 0 Å². The van der Waals surface area contributed by atoms with Crippen LogP contribution >= 0.6 is 27.3 Å². The molecule has 4 nitrogen and oxygen atoms in total. The summed E-state index contributed by atoms with van der Waals surface area (Å²) >= 11 is 5.06. The lowest BCUT2D eigenvalue weighted by Crippen LogP contribution is -2.13. The predicted octanol–water partition coefficient (Wildman–Crippen LogP) is 4.02. The van der Waals surface area contributed by atoms with E-state index in [-0.39, 0.29) is 5.69 Å². The van der Waals surface area contributed by atoms with E-state index < -0.39 is 4.92 Å². The second kappa shape index (κ2) is 6.27. The number of halogens is 1. The average molecular weight is 341 g/mol. The highest BCUT2D eigenvalue weighted by Gasteiger charge is 2.08. The number of aryl methyl sites for hydroxylation is 1. The van der Waals surface area contributed by atoms with E-state index in [0.717, 1.165) is 16.6 Å². The lowest BCUT2D eigenvalue weighted by molar-refractivity contribution is -0.384. The number of rotatable bonds is 5. The second-order valence-electron chi connectivity index (χ2n) is 4.22. The predicted molar refractivity (Wildman–Crippen MR) is 80.4 cm³/mol. The maximum Gasteiger partial charge on any atom is 0.270 e. The molecule has 0 unspecified atom stereocenters. The highest BCUT2D eigenvalue weighted by Crippen LogP contribution is 2.23. The normalized spacial score (nSPS) is 10.6. The topological polar surface area (TPSA) is 55.2 Å². The maximum atomic E-state index is 10.6. The molecule has 0 saturated carbocycles. The lowest BCUT2D eigenvalue weighted by atomic mass is 10.2. The van der Waals surface area contributed by atoms with Gasteiger partial charge in [0.15, 0.2) is 0 Å². The molecule has 1 N–H and O–H groups in total. The third kappa shape index (κ3) is 3.62. The summed E-state index contributed by atoms with van der Waals surface area (Å²) < 4.78 is 0.760. The first-order chi connectivity index (χ1) is 9.08. The minimum absolute atomic E-state index is 0.101. The van der Waals surface area contributed by atoms with Crippen LogP contribution in [-0.2, 0) is 13.1 Å². The first kappa shape index (κ1) is 14.2. The third-order valence-corrected chi connectivity index (χ3v) is 4.49. The summed E-state index contributed by atoms with van der Waals surface area (Å²) in [4.78, 5) is 10.2. The Bertz CT molecular complexity index is 598. The fraction of sp³-hybridized carbons (Fsp3) is 0.231. The molecule has 0 atom stereocenters. The SMILES string of the molecule is Cc1cscc1CNCc1ccc([N+](=O)[O-])cc1Br. The fourth-order valence-electron chi connectivity index (χ4n) is 1.69. The van der Waals surface area contributed by atoms with Crippen molar-refractivity contribution in [3.63, 3.8) is 0 Å². The maximum absolute atomic E-state index is 10.6. The Hall–Kier alpha value is -1.24. The van der Waals surface area contributed by atoms with Crippen molar-refractivity contribution in [1.82, 2.24) is 5.32 Å². The van der Waals surface area contributed by atoms with Gasteiger partial charge in [-0.1, -0.05) is 15.9 Å². The first-order valence-electron chi connectivity index (χ1n) is 5.73. The Kier molecular flexibility index (Phi) is 4.68. The lowest BCUT2D eigenvalue weighted by Gasteiger charge is -2.07. The minimum Gasteiger partial charge on any atom is -0.309 e. The van der Waals surface area contributed by atoms with Crippen molar-refractivity contribution < 1.29 is 4.92 Å². The summed E-state index contributed by atoms with van der Waals surface area (Å²) in [6.07, 6.45) is 0. The number of benzene rings is 1. The van der Waals surface area contributed by atoms with Crippen LogP contribution in [0.2, 0.25) is 0 Å². The van der Waals surface area contributed by atoms with Gasteiger partial charge in [-0.15, -0.1) is 0 Å². The van der Waals surface area contributed by atoms with E-state index in [2.05, 4.69) is 38.9 Å². The number of nitro benzene ring substituents is 1. The smallest absolute Gasteiger partial charge is 0.270 e. The number of nitrogens with one attached hydrogen (secondary N) is 1. The third-order valence-electron chi connectivity index (χ3n) is 2.84. The molecule has 6 heteroatoms. The molecule has 2 rings (SSSR count). The molecule has 100 valence electrons. The summed E-state index contributed by atoms with van der Waals surface area (Å²) in [5.41, 5.74) is 3.70. The molecule has 19 heavy (non-hydrogen) atoms. The zero-order chi connectivity index (χ0) is 13.8. The quantitative estimate of drug-likeness (QED) is 0.660. The fourth-order valence-corrected chi connectivity index (χ4v) is 3.06.